The van der Waals surface area contributed by atoms with Crippen LogP contribution < -0.4 is 4.72 Å². The summed E-state index contributed by atoms with van der Waals surface area (Å²) >= 11 is 0.847. The lowest BCUT2D eigenvalue weighted by atomic mass is 10.3. The van der Waals surface area contributed by atoms with Gasteiger partial charge in [0.15, 0.2) is 0 Å². The lowest BCUT2D eigenvalue weighted by Gasteiger charge is -2.15. The molecule has 0 aliphatic heterocycles. The first kappa shape index (κ1) is 16.1. The molecule has 0 spiro atoms. The van der Waals surface area contributed by atoms with Crippen molar-refractivity contribution >= 4 is 27.3 Å². The van der Waals surface area contributed by atoms with Crippen LogP contribution in [0.3, 0.4) is 0 Å². The van der Waals surface area contributed by atoms with Gasteiger partial charge in [0.05, 0.1) is 19.3 Å². The van der Waals surface area contributed by atoms with E-state index >= 15 is 0 Å². The maximum absolute atomic E-state index is 12.1. The number of nitrogens with one attached hydrogen (secondary N) is 1. The molecule has 7 nitrogen and oxygen atoms in total. The molecule has 0 amide bonds. The van der Waals surface area contributed by atoms with E-state index in [0.29, 0.717) is 5.56 Å². The number of rotatable bonds is 7. The predicted octanol–water partition coefficient (Wildman–Crippen LogP) is 0.0403. The maximum atomic E-state index is 12.1. The van der Waals surface area contributed by atoms with E-state index < -0.39 is 28.6 Å². The van der Waals surface area contributed by atoms with Gasteiger partial charge < -0.3 is 14.9 Å². The van der Waals surface area contributed by atoms with Crippen molar-refractivity contribution in [3.63, 3.8) is 0 Å². The van der Waals surface area contributed by atoms with Crippen molar-refractivity contribution in [2.75, 3.05) is 20.3 Å². The van der Waals surface area contributed by atoms with Crippen LogP contribution >= 0.6 is 11.3 Å². The van der Waals surface area contributed by atoms with Crippen LogP contribution in [0.15, 0.2) is 10.3 Å². The highest BCUT2D eigenvalue weighted by molar-refractivity contribution is 7.89. The quantitative estimate of drug-likeness (QED) is 0.655. The van der Waals surface area contributed by atoms with Gasteiger partial charge in [0, 0.05) is 7.11 Å². The van der Waals surface area contributed by atoms with Crippen molar-refractivity contribution in [3.8, 4) is 0 Å². The molecule has 19 heavy (non-hydrogen) atoms. The van der Waals surface area contributed by atoms with E-state index in [-0.39, 0.29) is 16.4 Å². The topological polar surface area (TPSA) is 113 Å². The van der Waals surface area contributed by atoms with Crippen LogP contribution in [0.25, 0.3) is 0 Å². The Morgan fingerprint density at radius 2 is 2.21 bits per heavy atom. The van der Waals surface area contributed by atoms with Crippen LogP contribution in [-0.4, -0.2) is 51.0 Å². The van der Waals surface area contributed by atoms with Crippen LogP contribution in [0.1, 0.15) is 15.2 Å². The fourth-order valence-electron chi connectivity index (χ4n) is 1.52. The number of ether oxygens (including phenoxy) is 1. The molecule has 9 heteroatoms. The second kappa shape index (κ2) is 6.44. The molecular formula is C10H15NO6S2. The smallest absolute Gasteiger partial charge is 0.347 e. The number of hydrogen-bond acceptors (Lipinski definition) is 6. The van der Waals surface area contributed by atoms with Crippen LogP contribution in [-0.2, 0) is 14.8 Å². The fourth-order valence-corrected chi connectivity index (χ4v) is 4.36. The van der Waals surface area contributed by atoms with Crippen LogP contribution in [0.2, 0.25) is 0 Å². The van der Waals surface area contributed by atoms with Crippen LogP contribution in [0, 0.1) is 6.92 Å². The number of sulfonamides is 1. The van der Waals surface area contributed by atoms with E-state index in [1.807, 2.05) is 0 Å². The fraction of sp³-hybridized carbons (Fsp3) is 0.500. The summed E-state index contributed by atoms with van der Waals surface area (Å²) in [5.74, 6) is -1.30. The largest absolute Gasteiger partial charge is 0.477 e. The average molecular weight is 309 g/mol. The maximum Gasteiger partial charge on any atom is 0.347 e. The Morgan fingerprint density at radius 1 is 1.58 bits per heavy atom. The third-order valence-corrected chi connectivity index (χ3v) is 5.21. The molecule has 0 aromatic carbocycles. The zero-order valence-corrected chi connectivity index (χ0v) is 12.0. The minimum atomic E-state index is -4.02. The van der Waals surface area contributed by atoms with Gasteiger partial charge in [-0.3, -0.25) is 0 Å². The van der Waals surface area contributed by atoms with Crippen molar-refractivity contribution in [3.05, 3.63) is 15.8 Å². The van der Waals surface area contributed by atoms with E-state index in [0.717, 1.165) is 11.3 Å². The second-order valence-corrected chi connectivity index (χ2v) is 6.37. The summed E-state index contributed by atoms with van der Waals surface area (Å²) in [5, 5.41) is 19.5. The van der Waals surface area contributed by atoms with Crippen molar-refractivity contribution in [2.45, 2.75) is 17.9 Å². The van der Waals surface area contributed by atoms with E-state index in [1.54, 1.807) is 0 Å². The molecule has 1 rings (SSSR count). The Bertz CT molecular complexity index is 550. The number of hydrogen-bond donors (Lipinski definition) is 3. The van der Waals surface area contributed by atoms with E-state index in [4.69, 9.17) is 14.9 Å². The predicted molar refractivity (Wildman–Crippen MR) is 69.1 cm³/mol. The number of thiophene rings is 1. The van der Waals surface area contributed by atoms with Crippen LogP contribution in [0.5, 0.6) is 0 Å². The first-order valence-corrected chi connectivity index (χ1v) is 7.63. The Hall–Kier alpha value is -1.00. The SMILES string of the molecule is COCC(CO)NS(=O)(=O)c1c(C)csc1C(=O)O. The lowest BCUT2D eigenvalue weighted by Crippen LogP contribution is -2.41. The summed E-state index contributed by atoms with van der Waals surface area (Å²) in [5.41, 5.74) is 0.351. The number of aromatic carboxylic acids is 1. The van der Waals surface area contributed by atoms with Crippen LogP contribution in [0.4, 0.5) is 0 Å². The van der Waals surface area contributed by atoms with E-state index in [2.05, 4.69) is 4.72 Å². The number of carboxylic acid groups (broad SMARTS) is 1. The minimum absolute atomic E-state index is 0.0126. The standard InChI is InChI=1S/C10H15NO6S2/c1-6-5-18-8(10(13)14)9(6)19(15,16)11-7(3-12)4-17-2/h5,7,11-12H,3-4H2,1-2H3,(H,13,14). The Balaban J connectivity index is 3.13. The normalized spacial score (nSPS) is 13.4. The summed E-state index contributed by atoms with van der Waals surface area (Å²) in [4.78, 5) is 10.5. The van der Waals surface area contributed by atoms with Gasteiger partial charge in [0.1, 0.15) is 9.77 Å². The highest BCUT2D eigenvalue weighted by atomic mass is 32.2. The third kappa shape index (κ3) is 3.74. The van der Waals surface area contributed by atoms with Crippen molar-refractivity contribution in [1.82, 2.24) is 4.72 Å². The van der Waals surface area contributed by atoms with Gasteiger partial charge in [-0.25, -0.2) is 17.9 Å². The second-order valence-electron chi connectivity index (χ2n) is 3.84. The molecule has 0 aliphatic carbocycles. The molecule has 1 atom stereocenters. The highest BCUT2D eigenvalue weighted by Crippen LogP contribution is 2.26. The molecule has 1 aromatic heterocycles. The molecule has 0 radical (unpaired) electrons. The van der Waals surface area contributed by atoms with E-state index in [9.17, 15) is 13.2 Å². The summed E-state index contributed by atoms with van der Waals surface area (Å²) in [6.07, 6.45) is 0. The molecule has 3 N–H and O–H groups in total. The lowest BCUT2D eigenvalue weighted by molar-refractivity contribution is 0.0698. The average Bonchev–Trinajstić information content (AvgIpc) is 2.71. The Kier molecular flexibility index (Phi) is 5.44. The minimum Gasteiger partial charge on any atom is -0.477 e. The zero-order valence-electron chi connectivity index (χ0n) is 10.4. The summed E-state index contributed by atoms with van der Waals surface area (Å²) < 4.78 is 31.3. The first-order valence-electron chi connectivity index (χ1n) is 5.27. The number of carboxylic acids is 1. The Morgan fingerprint density at radius 3 is 2.68 bits per heavy atom. The molecule has 0 saturated carbocycles. The van der Waals surface area contributed by atoms with Gasteiger partial charge in [0.2, 0.25) is 10.0 Å². The number of aliphatic hydroxyl groups excluding tert-OH is 1. The molecule has 1 heterocycles. The summed E-state index contributed by atoms with van der Waals surface area (Å²) in [7, 11) is -2.65. The molecule has 0 fully saturated rings. The number of aryl methyl sites for hydroxylation is 1. The zero-order chi connectivity index (χ0) is 14.6. The van der Waals surface area contributed by atoms with Gasteiger partial charge in [-0.15, -0.1) is 11.3 Å². The molecule has 1 unspecified atom stereocenters. The number of carbonyl (C=O) groups is 1. The summed E-state index contributed by atoms with van der Waals surface area (Å²) in [6, 6.07) is -0.823. The number of methoxy groups -OCH3 is 1. The molecule has 0 saturated heterocycles. The first-order chi connectivity index (χ1) is 8.83. The van der Waals surface area contributed by atoms with Gasteiger partial charge in [-0.05, 0) is 17.9 Å². The molecule has 0 aliphatic rings. The molecular weight excluding hydrogens is 294 g/mol. The monoisotopic (exact) mass is 309 g/mol. The number of aliphatic hydroxyl groups is 1. The van der Waals surface area contributed by atoms with Crippen molar-refractivity contribution in [2.24, 2.45) is 0 Å². The summed E-state index contributed by atoms with van der Waals surface area (Å²) in [6.45, 7) is 1.06. The Labute approximate surface area is 114 Å². The van der Waals surface area contributed by atoms with Crippen molar-refractivity contribution < 1.29 is 28.2 Å². The van der Waals surface area contributed by atoms with Crippen molar-refractivity contribution in [1.29, 1.82) is 0 Å². The molecule has 108 valence electrons. The molecule has 0 bridgehead atoms. The van der Waals surface area contributed by atoms with E-state index in [1.165, 1.54) is 19.4 Å². The highest BCUT2D eigenvalue weighted by Gasteiger charge is 2.28. The van der Waals surface area contributed by atoms with Gasteiger partial charge in [0.25, 0.3) is 0 Å². The van der Waals surface area contributed by atoms with Gasteiger partial charge in [-0.1, -0.05) is 0 Å². The van der Waals surface area contributed by atoms with Gasteiger partial charge in [-0.2, -0.15) is 0 Å². The third-order valence-electron chi connectivity index (χ3n) is 2.29. The van der Waals surface area contributed by atoms with Gasteiger partial charge >= 0.3 is 5.97 Å². The molecule has 1 aromatic rings.